The Morgan fingerprint density at radius 2 is 2.04 bits per heavy atom. The minimum atomic E-state index is -0.221. The normalized spacial score (nSPS) is 15.9. The Balaban J connectivity index is 1.59. The molecule has 1 atom stereocenters. The average molecular weight is 398 g/mol. The van der Waals surface area contributed by atoms with Crippen molar-refractivity contribution in [2.24, 2.45) is 0 Å². The second kappa shape index (κ2) is 6.73. The molecule has 4 rings (SSSR count). The van der Waals surface area contributed by atoms with E-state index in [2.05, 4.69) is 29.1 Å². The summed E-state index contributed by atoms with van der Waals surface area (Å²) in [6.07, 6.45) is 0. The molecule has 0 bridgehead atoms. The smallest absolute Gasteiger partial charge is 0.231 e. The molecule has 27 heavy (non-hydrogen) atoms. The van der Waals surface area contributed by atoms with Crippen LogP contribution in [-0.4, -0.2) is 27.4 Å². The molecule has 3 heterocycles. The Hall–Kier alpha value is -2.25. The number of benzene rings is 1. The second-order valence-corrected chi connectivity index (χ2v) is 8.93. The van der Waals surface area contributed by atoms with Gasteiger partial charge in [0.1, 0.15) is 15.7 Å². The SMILES string of the molecule is Cc1nc(SCC(=O)c2ccc3c(c2)[C@H](C)C(=O)N3)c2c(C)c(C)sc2n1. The number of thiophene rings is 1. The number of aromatic nitrogens is 2. The summed E-state index contributed by atoms with van der Waals surface area (Å²) in [6, 6.07) is 5.43. The van der Waals surface area contributed by atoms with Crippen molar-refractivity contribution in [3.63, 3.8) is 0 Å². The monoisotopic (exact) mass is 397 g/mol. The van der Waals surface area contributed by atoms with Crippen LogP contribution in [0.3, 0.4) is 0 Å². The van der Waals surface area contributed by atoms with Crippen molar-refractivity contribution in [2.45, 2.75) is 38.6 Å². The minimum Gasteiger partial charge on any atom is -0.325 e. The molecule has 0 saturated carbocycles. The van der Waals surface area contributed by atoms with E-state index in [4.69, 9.17) is 0 Å². The first kappa shape index (κ1) is 18.1. The second-order valence-electron chi connectivity index (χ2n) is 6.76. The number of aryl methyl sites for hydroxylation is 3. The predicted molar refractivity (Wildman–Crippen MR) is 110 cm³/mol. The largest absolute Gasteiger partial charge is 0.325 e. The summed E-state index contributed by atoms with van der Waals surface area (Å²) in [5.74, 6) is 0.805. The zero-order valence-electron chi connectivity index (χ0n) is 15.5. The maximum absolute atomic E-state index is 12.8. The standard InChI is InChI=1S/C20H19N3O2S2/c1-9-11(3)27-20-17(9)19(21-12(4)22-20)26-8-16(24)13-5-6-15-14(7-13)10(2)18(25)23-15/h5-7,10H,8H2,1-4H3,(H,23,25)/t10-/m0/s1. The Labute approximate surface area is 165 Å². The number of nitrogens with zero attached hydrogens (tertiary/aromatic N) is 2. The molecule has 0 saturated heterocycles. The molecule has 7 heteroatoms. The van der Waals surface area contributed by atoms with Crippen molar-refractivity contribution in [1.29, 1.82) is 0 Å². The molecule has 2 aromatic heterocycles. The van der Waals surface area contributed by atoms with Crippen LogP contribution in [0.4, 0.5) is 5.69 Å². The molecule has 0 spiro atoms. The van der Waals surface area contributed by atoms with Gasteiger partial charge in [-0.05, 0) is 57.0 Å². The summed E-state index contributed by atoms with van der Waals surface area (Å²) in [5.41, 5.74) is 3.50. The summed E-state index contributed by atoms with van der Waals surface area (Å²) in [4.78, 5) is 35.9. The molecule has 0 fully saturated rings. The predicted octanol–water partition coefficient (Wildman–Crippen LogP) is 4.65. The number of fused-ring (bicyclic) bond motifs is 2. The summed E-state index contributed by atoms with van der Waals surface area (Å²) in [7, 11) is 0. The van der Waals surface area contributed by atoms with Gasteiger partial charge in [-0.2, -0.15) is 0 Å². The molecule has 1 aliphatic heterocycles. The zero-order chi connectivity index (χ0) is 19.3. The lowest BCUT2D eigenvalue weighted by molar-refractivity contribution is -0.116. The third-order valence-electron chi connectivity index (χ3n) is 4.94. The highest BCUT2D eigenvalue weighted by molar-refractivity contribution is 8.00. The van der Waals surface area contributed by atoms with Gasteiger partial charge in [0.15, 0.2) is 5.78 Å². The number of hydrogen-bond donors (Lipinski definition) is 1. The third-order valence-corrected chi connectivity index (χ3v) is 7.01. The van der Waals surface area contributed by atoms with Crippen molar-refractivity contribution in [2.75, 3.05) is 11.1 Å². The number of Topliss-reactive ketones (excluding diaryl/α,β-unsaturated/α-hetero) is 1. The Kier molecular flexibility index (Phi) is 4.52. The van der Waals surface area contributed by atoms with Crippen LogP contribution < -0.4 is 5.32 Å². The molecule has 138 valence electrons. The molecule has 1 N–H and O–H groups in total. The van der Waals surface area contributed by atoms with Crippen molar-refractivity contribution >= 4 is 50.7 Å². The zero-order valence-corrected chi connectivity index (χ0v) is 17.2. The van der Waals surface area contributed by atoms with E-state index in [1.165, 1.54) is 22.2 Å². The Morgan fingerprint density at radius 1 is 1.26 bits per heavy atom. The Bertz CT molecular complexity index is 1100. The molecule has 0 aliphatic carbocycles. The first-order valence-electron chi connectivity index (χ1n) is 8.70. The molecule has 1 amide bonds. The van der Waals surface area contributed by atoms with Crippen LogP contribution >= 0.6 is 23.1 Å². The van der Waals surface area contributed by atoms with Gasteiger partial charge in [-0.25, -0.2) is 9.97 Å². The van der Waals surface area contributed by atoms with Gasteiger partial charge in [-0.1, -0.05) is 11.8 Å². The van der Waals surface area contributed by atoms with Crippen LogP contribution in [0.1, 0.15) is 45.0 Å². The van der Waals surface area contributed by atoms with Gasteiger partial charge < -0.3 is 5.32 Å². The van der Waals surface area contributed by atoms with Crippen molar-refractivity contribution in [3.8, 4) is 0 Å². The number of amides is 1. The molecular formula is C20H19N3O2S2. The van der Waals surface area contributed by atoms with Crippen LogP contribution in [-0.2, 0) is 4.79 Å². The first-order chi connectivity index (χ1) is 12.8. The van der Waals surface area contributed by atoms with Crippen LogP contribution in [0.5, 0.6) is 0 Å². The highest BCUT2D eigenvalue weighted by Crippen LogP contribution is 2.36. The molecule has 5 nitrogen and oxygen atoms in total. The Morgan fingerprint density at radius 3 is 2.81 bits per heavy atom. The van der Waals surface area contributed by atoms with E-state index in [1.54, 1.807) is 17.4 Å². The van der Waals surface area contributed by atoms with Gasteiger partial charge >= 0.3 is 0 Å². The summed E-state index contributed by atoms with van der Waals surface area (Å²) in [6.45, 7) is 7.89. The van der Waals surface area contributed by atoms with Gasteiger partial charge in [0.25, 0.3) is 0 Å². The van der Waals surface area contributed by atoms with E-state index >= 15 is 0 Å². The van der Waals surface area contributed by atoms with Gasteiger partial charge in [0, 0.05) is 21.5 Å². The van der Waals surface area contributed by atoms with Crippen molar-refractivity contribution in [1.82, 2.24) is 9.97 Å². The number of ketones is 1. The molecule has 1 aliphatic rings. The summed E-state index contributed by atoms with van der Waals surface area (Å²) >= 11 is 3.12. The number of carbonyl (C=O) groups is 2. The van der Waals surface area contributed by atoms with Crippen LogP contribution in [0.25, 0.3) is 10.2 Å². The molecule has 1 aromatic carbocycles. The maximum atomic E-state index is 12.8. The van der Waals surface area contributed by atoms with E-state index in [1.807, 2.05) is 26.0 Å². The summed E-state index contributed by atoms with van der Waals surface area (Å²) < 4.78 is 0. The van der Waals surface area contributed by atoms with Crippen LogP contribution in [0.15, 0.2) is 23.2 Å². The van der Waals surface area contributed by atoms with Gasteiger partial charge in [0.05, 0.1) is 11.7 Å². The number of hydrogen-bond acceptors (Lipinski definition) is 6. The third kappa shape index (κ3) is 3.15. The van der Waals surface area contributed by atoms with Crippen molar-refractivity contribution in [3.05, 3.63) is 45.6 Å². The number of anilines is 1. The lowest BCUT2D eigenvalue weighted by Gasteiger charge is -2.07. The minimum absolute atomic E-state index is 0.0221. The van der Waals surface area contributed by atoms with E-state index in [0.29, 0.717) is 11.3 Å². The van der Waals surface area contributed by atoms with Gasteiger partial charge in [-0.3, -0.25) is 9.59 Å². The van der Waals surface area contributed by atoms with Crippen molar-refractivity contribution < 1.29 is 9.59 Å². The highest BCUT2D eigenvalue weighted by atomic mass is 32.2. The van der Waals surface area contributed by atoms with E-state index in [0.717, 1.165) is 32.3 Å². The van der Waals surface area contributed by atoms with E-state index < -0.39 is 0 Å². The van der Waals surface area contributed by atoms with Crippen LogP contribution in [0, 0.1) is 20.8 Å². The van der Waals surface area contributed by atoms with E-state index in [9.17, 15) is 9.59 Å². The topological polar surface area (TPSA) is 72.0 Å². The fourth-order valence-corrected chi connectivity index (χ4v) is 5.39. The fourth-order valence-electron chi connectivity index (χ4n) is 3.23. The van der Waals surface area contributed by atoms with Gasteiger partial charge in [-0.15, -0.1) is 11.3 Å². The lowest BCUT2D eigenvalue weighted by Crippen LogP contribution is -2.08. The molecule has 0 unspecified atom stereocenters. The van der Waals surface area contributed by atoms with Crippen LogP contribution in [0.2, 0.25) is 0 Å². The molecular weight excluding hydrogens is 378 g/mol. The number of thioether (sulfide) groups is 1. The van der Waals surface area contributed by atoms with Gasteiger partial charge in [0.2, 0.25) is 5.91 Å². The number of rotatable bonds is 4. The average Bonchev–Trinajstić information content (AvgIpc) is 3.08. The number of nitrogens with one attached hydrogen (secondary N) is 1. The number of carbonyl (C=O) groups excluding carboxylic acids is 2. The summed E-state index contributed by atoms with van der Waals surface area (Å²) in [5, 5.41) is 4.75. The first-order valence-corrected chi connectivity index (χ1v) is 10.5. The maximum Gasteiger partial charge on any atom is 0.231 e. The lowest BCUT2D eigenvalue weighted by atomic mass is 9.99. The highest BCUT2D eigenvalue weighted by Gasteiger charge is 2.27. The quantitative estimate of drug-likeness (QED) is 0.394. The fraction of sp³-hybridized carbons (Fsp3) is 0.300. The van der Waals surface area contributed by atoms with E-state index in [-0.39, 0.29) is 17.6 Å². The molecule has 0 radical (unpaired) electrons. The molecule has 3 aromatic rings.